The maximum absolute atomic E-state index is 12.7. The van der Waals surface area contributed by atoms with Crippen LogP contribution in [0.15, 0.2) is 23.8 Å². The number of rotatable bonds is 3. The summed E-state index contributed by atoms with van der Waals surface area (Å²) >= 11 is 0. The van der Waals surface area contributed by atoms with Gasteiger partial charge in [0.05, 0.1) is 11.5 Å². The Morgan fingerprint density at radius 2 is 1.76 bits per heavy atom. The van der Waals surface area contributed by atoms with E-state index in [2.05, 4.69) is 26.0 Å². The molecule has 4 nitrogen and oxygen atoms in total. The van der Waals surface area contributed by atoms with Crippen molar-refractivity contribution in [3.63, 3.8) is 0 Å². The van der Waals surface area contributed by atoms with Crippen molar-refractivity contribution in [2.45, 2.75) is 85.4 Å². The summed E-state index contributed by atoms with van der Waals surface area (Å²) in [5.41, 5.74) is -0.352. The first kappa shape index (κ1) is 20.8. The van der Waals surface area contributed by atoms with Crippen LogP contribution in [0.25, 0.3) is 0 Å². The highest BCUT2D eigenvalue weighted by Gasteiger charge is 2.69. The monoisotopic (exact) mass is 400 g/mol. The maximum Gasteiger partial charge on any atom is 0.333 e. The van der Waals surface area contributed by atoms with Gasteiger partial charge in [-0.3, -0.25) is 0 Å². The van der Waals surface area contributed by atoms with Crippen LogP contribution in [0.5, 0.6) is 0 Å². The fraction of sp³-hybridized carbons (Fsp3) is 0.760. The van der Waals surface area contributed by atoms with Crippen molar-refractivity contribution in [1.82, 2.24) is 0 Å². The maximum atomic E-state index is 12.7. The Kier molecular flexibility index (Phi) is 4.70. The van der Waals surface area contributed by atoms with Crippen LogP contribution in [-0.4, -0.2) is 29.6 Å². The molecule has 0 aromatic carbocycles. The third kappa shape index (κ3) is 2.60. The van der Waals surface area contributed by atoms with Crippen molar-refractivity contribution in [1.29, 1.82) is 0 Å². The Labute approximate surface area is 174 Å². The highest BCUT2D eigenvalue weighted by molar-refractivity contribution is 5.87. The van der Waals surface area contributed by atoms with Crippen LogP contribution >= 0.6 is 0 Å². The molecule has 0 amide bonds. The summed E-state index contributed by atoms with van der Waals surface area (Å²) in [6.45, 7) is 10.2. The van der Waals surface area contributed by atoms with Gasteiger partial charge in [0.15, 0.2) is 0 Å². The molecule has 4 aliphatic carbocycles. The van der Waals surface area contributed by atoms with Gasteiger partial charge >= 0.3 is 5.97 Å². The van der Waals surface area contributed by atoms with Crippen LogP contribution < -0.4 is 0 Å². The molecule has 4 aliphatic rings. The highest BCUT2D eigenvalue weighted by Crippen LogP contribution is 2.72. The molecule has 29 heavy (non-hydrogen) atoms. The predicted molar refractivity (Wildman–Crippen MR) is 112 cm³/mol. The Hall–Kier alpha value is -1.42. The topological polar surface area (TPSA) is 63.6 Å². The molecule has 1 N–H and O–H groups in total. The Morgan fingerprint density at radius 3 is 2.41 bits per heavy atom. The lowest BCUT2D eigenvalue weighted by atomic mass is 9.39. The number of carbonyl (C=O) groups is 2. The molecule has 3 saturated carbocycles. The van der Waals surface area contributed by atoms with Crippen molar-refractivity contribution in [3.05, 3.63) is 23.8 Å². The second kappa shape index (κ2) is 6.54. The van der Waals surface area contributed by atoms with Crippen molar-refractivity contribution in [3.8, 4) is 0 Å². The Bertz CT molecular complexity index is 784. The fourth-order valence-electron chi connectivity index (χ4n) is 7.75. The van der Waals surface area contributed by atoms with E-state index in [4.69, 9.17) is 4.74 Å². The second-order valence-corrected chi connectivity index (χ2v) is 10.9. The van der Waals surface area contributed by atoms with Crippen LogP contribution in [0, 0.1) is 33.5 Å². The number of aliphatic hydroxyl groups is 1. The van der Waals surface area contributed by atoms with E-state index in [1.807, 2.05) is 26.8 Å². The Balaban J connectivity index is 1.74. The van der Waals surface area contributed by atoms with Crippen LogP contribution in [0.3, 0.4) is 0 Å². The van der Waals surface area contributed by atoms with Gasteiger partial charge in [-0.2, -0.15) is 0 Å². The van der Waals surface area contributed by atoms with Crippen LogP contribution in [-0.2, 0) is 14.3 Å². The van der Waals surface area contributed by atoms with Crippen molar-refractivity contribution in [2.75, 3.05) is 0 Å². The zero-order valence-electron chi connectivity index (χ0n) is 18.5. The van der Waals surface area contributed by atoms with Gasteiger partial charge < -0.3 is 14.6 Å². The first-order valence-corrected chi connectivity index (χ1v) is 11.3. The van der Waals surface area contributed by atoms with E-state index in [1.54, 1.807) is 0 Å². The summed E-state index contributed by atoms with van der Waals surface area (Å²) in [6, 6.07) is 0. The molecule has 8 unspecified atom stereocenters. The van der Waals surface area contributed by atoms with E-state index in [-0.39, 0.29) is 34.2 Å². The van der Waals surface area contributed by atoms with E-state index in [9.17, 15) is 14.7 Å². The third-order valence-electron chi connectivity index (χ3n) is 9.60. The van der Waals surface area contributed by atoms with Gasteiger partial charge in [-0.1, -0.05) is 39.0 Å². The lowest BCUT2D eigenvalue weighted by Crippen LogP contribution is -2.64. The van der Waals surface area contributed by atoms with E-state index in [0.29, 0.717) is 17.9 Å². The smallest absolute Gasteiger partial charge is 0.333 e. The van der Waals surface area contributed by atoms with Crippen LogP contribution in [0.2, 0.25) is 0 Å². The largest absolute Gasteiger partial charge is 0.457 e. The fourth-order valence-corrected chi connectivity index (χ4v) is 7.75. The van der Waals surface area contributed by atoms with Crippen LogP contribution in [0.4, 0.5) is 0 Å². The molecule has 0 heterocycles. The first-order valence-electron chi connectivity index (χ1n) is 11.3. The quantitative estimate of drug-likeness (QED) is 0.325. The minimum Gasteiger partial charge on any atom is -0.457 e. The molecule has 4 heteroatoms. The van der Waals surface area contributed by atoms with Gasteiger partial charge in [0.1, 0.15) is 12.4 Å². The normalized spacial score (nSPS) is 51.2. The Morgan fingerprint density at radius 1 is 1.07 bits per heavy atom. The number of hydrogen-bond acceptors (Lipinski definition) is 4. The van der Waals surface area contributed by atoms with Crippen molar-refractivity contribution >= 4 is 12.3 Å². The summed E-state index contributed by atoms with van der Waals surface area (Å²) in [6.07, 6.45) is 12.2. The van der Waals surface area contributed by atoms with Crippen molar-refractivity contribution in [2.24, 2.45) is 33.5 Å². The molecule has 0 aliphatic heterocycles. The summed E-state index contributed by atoms with van der Waals surface area (Å²) in [5.74, 6) is 0.312. The molecule has 0 radical (unpaired) electrons. The molecule has 0 saturated heterocycles. The molecule has 8 atom stereocenters. The minimum atomic E-state index is -0.689. The van der Waals surface area contributed by atoms with Gasteiger partial charge in [-0.25, -0.2) is 4.79 Å². The summed E-state index contributed by atoms with van der Waals surface area (Å²) in [4.78, 5) is 24.9. The molecule has 0 aromatic heterocycles. The number of allylic oxidation sites excluding steroid dienone is 1. The molecule has 3 fully saturated rings. The number of ether oxygens (including phenoxy) is 1. The lowest BCUT2D eigenvalue weighted by molar-refractivity contribution is -0.214. The zero-order valence-corrected chi connectivity index (χ0v) is 18.5. The van der Waals surface area contributed by atoms with Gasteiger partial charge in [0.25, 0.3) is 0 Å². The van der Waals surface area contributed by atoms with Crippen LogP contribution in [0.1, 0.15) is 73.1 Å². The number of aldehydes is 1. The summed E-state index contributed by atoms with van der Waals surface area (Å²) in [5, 5.41) is 10.7. The number of esters is 1. The van der Waals surface area contributed by atoms with E-state index < -0.39 is 11.5 Å². The van der Waals surface area contributed by atoms with Crippen molar-refractivity contribution < 1.29 is 19.4 Å². The lowest BCUT2D eigenvalue weighted by Gasteiger charge is -2.65. The predicted octanol–water partition coefficient (Wildman–Crippen LogP) is 4.61. The third-order valence-corrected chi connectivity index (χ3v) is 9.60. The number of carbonyl (C=O) groups excluding carboxylic acids is 2. The molecule has 1 spiro atoms. The average molecular weight is 401 g/mol. The summed E-state index contributed by atoms with van der Waals surface area (Å²) < 4.78 is 6.23. The average Bonchev–Trinajstić information content (AvgIpc) is 2.86. The summed E-state index contributed by atoms with van der Waals surface area (Å²) in [7, 11) is 0. The number of aliphatic hydroxyl groups excluding tert-OH is 1. The van der Waals surface area contributed by atoms with Gasteiger partial charge in [0, 0.05) is 16.4 Å². The van der Waals surface area contributed by atoms with Gasteiger partial charge in [-0.15, -0.1) is 0 Å². The molecule has 160 valence electrons. The molecule has 0 aromatic rings. The first-order chi connectivity index (χ1) is 13.6. The van der Waals surface area contributed by atoms with E-state index in [0.717, 1.165) is 38.4 Å². The van der Waals surface area contributed by atoms with Gasteiger partial charge in [0.2, 0.25) is 0 Å². The number of hydrogen-bond donors (Lipinski definition) is 1. The SMILES string of the molecule is CC=C(C)C(=O)OC1C2(C)C=CC13CCC1C(C)(C=O)C(O)CCC1(C)C3CC2. The van der Waals surface area contributed by atoms with E-state index in [1.165, 1.54) is 0 Å². The molecule has 4 rings (SSSR count). The van der Waals surface area contributed by atoms with E-state index >= 15 is 0 Å². The molecular formula is C25H36O4. The standard InChI is InChI=1S/C25H36O4/c1-6-16(2)20(28)29-21-22(3)10-7-18-23(4)11-9-19(27)24(5,15-26)17(23)8-12-25(18,21)14-13-22/h6,13-15,17-19,21,27H,7-12H2,1-5H3. The highest BCUT2D eigenvalue weighted by atomic mass is 16.5. The molecule has 2 bridgehead atoms. The van der Waals surface area contributed by atoms with Gasteiger partial charge in [-0.05, 0) is 69.6 Å². The molecular weight excluding hydrogens is 364 g/mol. The number of fused-ring (bicyclic) bond motifs is 3. The second-order valence-electron chi connectivity index (χ2n) is 10.9. The minimum absolute atomic E-state index is 0.0382. The zero-order chi connectivity index (χ0) is 21.2.